The van der Waals surface area contributed by atoms with E-state index in [1.807, 2.05) is 0 Å². The van der Waals surface area contributed by atoms with E-state index in [1.54, 1.807) is 0 Å². The van der Waals surface area contributed by atoms with Gasteiger partial charge in [0.1, 0.15) is 0 Å². The molecule has 0 bridgehead atoms. The summed E-state index contributed by atoms with van der Waals surface area (Å²) in [6.45, 7) is 3.02. The molecule has 3 rings (SSSR count). The SMILES string of the molecule is CC1NC2(CC2)C(=O)N1CC1(N(C)C)CCC1. The lowest BCUT2D eigenvalue weighted by atomic mass is 9.75. The molecular weight excluding hydrogens is 214 g/mol. The molecular formula is C13H23N3O. The van der Waals surface area contributed by atoms with E-state index in [0.717, 1.165) is 19.4 Å². The standard InChI is InChI=1S/C13H23N3O/c1-10-14-13(7-8-13)11(17)16(10)9-12(15(2)3)5-4-6-12/h10,14H,4-9H2,1-3H3. The van der Waals surface area contributed by atoms with Crippen LogP contribution < -0.4 is 5.32 Å². The molecule has 0 aromatic heterocycles. The van der Waals surface area contributed by atoms with E-state index in [0.29, 0.717) is 5.91 Å². The highest BCUT2D eigenvalue weighted by molar-refractivity contribution is 5.91. The highest BCUT2D eigenvalue weighted by Gasteiger charge is 2.59. The van der Waals surface area contributed by atoms with Crippen LogP contribution in [0, 0.1) is 0 Å². The minimum absolute atomic E-state index is 0.156. The number of nitrogens with zero attached hydrogens (tertiary/aromatic N) is 2. The molecule has 2 aliphatic carbocycles. The average Bonchev–Trinajstić information content (AvgIpc) is 2.91. The summed E-state index contributed by atoms with van der Waals surface area (Å²) in [5.41, 5.74) is 0.0860. The highest BCUT2D eigenvalue weighted by Crippen LogP contribution is 2.44. The van der Waals surface area contributed by atoms with E-state index in [4.69, 9.17) is 0 Å². The van der Waals surface area contributed by atoms with Gasteiger partial charge in [-0.2, -0.15) is 0 Å². The van der Waals surface area contributed by atoms with Gasteiger partial charge in [-0.25, -0.2) is 0 Å². The van der Waals surface area contributed by atoms with E-state index in [-0.39, 0.29) is 17.2 Å². The Hall–Kier alpha value is -0.610. The van der Waals surface area contributed by atoms with Crippen molar-refractivity contribution in [1.82, 2.24) is 15.1 Å². The Balaban J connectivity index is 1.74. The second kappa shape index (κ2) is 3.45. The molecule has 1 atom stereocenters. The number of hydrogen-bond donors (Lipinski definition) is 1. The molecule has 1 spiro atoms. The topological polar surface area (TPSA) is 35.6 Å². The maximum absolute atomic E-state index is 12.4. The first-order chi connectivity index (χ1) is 7.99. The molecule has 1 amide bonds. The van der Waals surface area contributed by atoms with Crippen LogP contribution in [0.25, 0.3) is 0 Å². The lowest BCUT2D eigenvalue weighted by Crippen LogP contribution is -2.58. The van der Waals surface area contributed by atoms with Gasteiger partial charge < -0.3 is 9.80 Å². The van der Waals surface area contributed by atoms with Gasteiger partial charge in [-0.15, -0.1) is 0 Å². The van der Waals surface area contributed by atoms with Crippen molar-refractivity contribution in [2.24, 2.45) is 0 Å². The van der Waals surface area contributed by atoms with Crippen LogP contribution in [-0.2, 0) is 4.79 Å². The molecule has 1 saturated heterocycles. The second-order valence-electron chi connectivity index (χ2n) is 6.31. The molecule has 3 aliphatic rings. The highest BCUT2D eigenvalue weighted by atomic mass is 16.2. The number of amides is 1. The molecule has 1 unspecified atom stereocenters. The van der Waals surface area contributed by atoms with E-state index >= 15 is 0 Å². The van der Waals surface area contributed by atoms with Gasteiger partial charge in [0, 0.05) is 12.1 Å². The van der Waals surface area contributed by atoms with Gasteiger partial charge in [-0.05, 0) is 53.1 Å². The molecule has 1 N–H and O–H groups in total. The molecule has 17 heavy (non-hydrogen) atoms. The summed E-state index contributed by atoms with van der Waals surface area (Å²) in [7, 11) is 4.29. The summed E-state index contributed by atoms with van der Waals surface area (Å²) in [5.74, 6) is 0.345. The van der Waals surface area contributed by atoms with E-state index in [1.165, 1.54) is 19.3 Å². The van der Waals surface area contributed by atoms with Crippen LogP contribution in [0.1, 0.15) is 39.0 Å². The van der Waals surface area contributed by atoms with Gasteiger partial charge in [-0.3, -0.25) is 10.1 Å². The second-order valence-corrected chi connectivity index (χ2v) is 6.31. The summed E-state index contributed by atoms with van der Waals surface area (Å²) < 4.78 is 0. The van der Waals surface area contributed by atoms with E-state index in [2.05, 4.69) is 36.1 Å². The Kier molecular flexibility index (Phi) is 2.33. The van der Waals surface area contributed by atoms with Crippen molar-refractivity contribution in [3.8, 4) is 0 Å². The van der Waals surface area contributed by atoms with Gasteiger partial charge in [0.2, 0.25) is 5.91 Å². The maximum Gasteiger partial charge on any atom is 0.244 e. The van der Waals surface area contributed by atoms with Gasteiger partial charge in [0.25, 0.3) is 0 Å². The number of likely N-dealkylation sites (N-methyl/N-ethyl adjacent to an activating group) is 1. The molecule has 0 aromatic rings. The van der Waals surface area contributed by atoms with Crippen LogP contribution in [0.3, 0.4) is 0 Å². The lowest BCUT2D eigenvalue weighted by Gasteiger charge is -2.49. The molecule has 1 heterocycles. The molecule has 4 heteroatoms. The van der Waals surface area contributed by atoms with Crippen molar-refractivity contribution in [2.75, 3.05) is 20.6 Å². The normalized spacial score (nSPS) is 33.3. The maximum atomic E-state index is 12.4. The lowest BCUT2D eigenvalue weighted by molar-refractivity contribution is -0.133. The first-order valence-corrected chi connectivity index (χ1v) is 6.75. The predicted octanol–water partition coefficient (Wildman–Crippen LogP) is 0.781. The van der Waals surface area contributed by atoms with Gasteiger partial charge >= 0.3 is 0 Å². The van der Waals surface area contributed by atoms with Crippen molar-refractivity contribution < 1.29 is 4.79 Å². The zero-order valence-electron chi connectivity index (χ0n) is 11.1. The third-order valence-corrected chi connectivity index (χ3v) is 5.07. The molecule has 2 saturated carbocycles. The molecule has 1 aliphatic heterocycles. The molecule has 3 fully saturated rings. The molecule has 0 aromatic carbocycles. The third-order valence-electron chi connectivity index (χ3n) is 5.07. The number of nitrogens with one attached hydrogen (secondary N) is 1. The largest absolute Gasteiger partial charge is 0.324 e. The van der Waals surface area contributed by atoms with Crippen LogP contribution >= 0.6 is 0 Å². The Labute approximate surface area is 103 Å². The first kappa shape index (κ1) is 11.5. The molecule has 4 nitrogen and oxygen atoms in total. The zero-order chi connectivity index (χ0) is 12.3. The van der Waals surface area contributed by atoms with Crippen LogP contribution in [0.15, 0.2) is 0 Å². The van der Waals surface area contributed by atoms with Crippen molar-refractivity contribution in [2.45, 2.75) is 56.3 Å². The Morgan fingerprint density at radius 3 is 2.35 bits per heavy atom. The Morgan fingerprint density at radius 1 is 1.35 bits per heavy atom. The number of carbonyl (C=O) groups is 1. The van der Waals surface area contributed by atoms with Crippen molar-refractivity contribution in [3.63, 3.8) is 0 Å². The Bertz CT molecular complexity index is 345. The van der Waals surface area contributed by atoms with Gasteiger partial charge in [-0.1, -0.05) is 0 Å². The summed E-state index contributed by atoms with van der Waals surface area (Å²) in [4.78, 5) is 16.8. The van der Waals surface area contributed by atoms with Crippen LogP contribution in [0.4, 0.5) is 0 Å². The van der Waals surface area contributed by atoms with Crippen molar-refractivity contribution in [3.05, 3.63) is 0 Å². The quantitative estimate of drug-likeness (QED) is 0.788. The fraction of sp³-hybridized carbons (Fsp3) is 0.923. The minimum Gasteiger partial charge on any atom is -0.324 e. The third kappa shape index (κ3) is 1.54. The number of hydrogen-bond acceptors (Lipinski definition) is 3. The van der Waals surface area contributed by atoms with E-state index < -0.39 is 0 Å². The summed E-state index contributed by atoms with van der Waals surface area (Å²) in [6.07, 6.45) is 6.02. The van der Waals surface area contributed by atoms with Crippen LogP contribution in [0.2, 0.25) is 0 Å². The number of carbonyl (C=O) groups excluding carboxylic acids is 1. The fourth-order valence-corrected chi connectivity index (χ4v) is 3.33. The van der Waals surface area contributed by atoms with Crippen LogP contribution in [-0.4, -0.2) is 53.6 Å². The van der Waals surface area contributed by atoms with Gasteiger partial charge in [0.15, 0.2) is 0 Å². The zero-order valence-corrected chi connectivity index (χ0v) is 11.1. The van der Waals surface area contributed by atoms with Crippen LogP contribution in [0.5, 0.6) is 0 Å². The summed E-state index contributed by atoms with van der Waals surface area (Å²) >= 11 is 0. The smallest absolute Gasteiger partial charge is 0.244 e. The minimum atomic E-state index is -0.156. The fourth-order valence-electron chi connectivity index (χ4n) is 3.33. The first-order valence-electron chi connectivity index (χ1n) is 6.75. The summed E-state index contributed by atoms with van der Waals surface area (Å²) in [6, 6.07) is 0. The number of rotatable bonds is 3. The Morgan fingerprint density at radius 2 is 2.00 bits per heavy atom. The van der Waals surface area contributed by atoms with E-state index in [9.17, 15) is 4.79 Å². The van der Waals surface area contributed by atoms with Crippen molar-refractivity contribution in [1.29, 1.82) is 0 Å². The molecule has 0 radical (unpaired) electrons. The monoisotopic (exact) mass is 237 g/mol. The average molecular weight is 237 g/mol. The molecule has 96 valence electrons. The van der Waals surface area contributed by atoms with Crippen molar-refractivity contribution >= 4 is 5.91 Å². The van der Waals surface area contributed by atoms with Gasteiger partial charge in [0.05, 0.1) is 11.7 Å². The predicted molar refractivity (Wildman–Crippen MR) is 66.5 cm³/mol. The summed E-state index contributed by atoms with van der Waals surface area (Å²) in [5, 5.41) is 3.47.